The average Bonchev–Trinajstić information content (AvgIpc) is 3.20. The highest BCUT2D eigenvalue weighted by Crippen LogP contribution is 2.35. The summed E-state index contributed by atoms with van der Waals surface area (Å²) < 4.78 is 36.4. The van der Waals surface area contributed by atoms with Gasteiger partial charge in [0.05, 0.1) is 31.2 Å². The maximum atomic E-state index is 12.0. The van der Waals surface area contributed by atoms with Crippen molar-refractivity contribution in [3.63, 3.8) is 0 Å². The van der Waals surface area contributed by atoms with E-state index >= 15 is 0 Å². The Morgan fingerprint density at radius 3 is 2.33 bits per heavy atom. The zero-order valence-electron chi connectivity index (χ0n) is 11.8. The van der Waals surface area contributed by atoms with E-state index in [1.165, 1.54) is 26.4 Å². The summed E-state index contributed by atoms with van der Waals surface area (Å²) in [6.45, 7) is 0. The minimum Gasteiger partial charge on any atom is -0.493 e. The number of rotatable bonds is 7. The third-order valence-corrected chi connectivity index (χ3v) is 4.61. The number of hydrogen-bond acceptors (Lipinski definition) is 5. The molecule has 0 unspecified atom stereocenters. The number of carboxylic acids is 1. The molecular weight excluding hydrogens is 298 g/mol. The first-order chi connectivity index (χ1) is 9.86. The molecule has 0 aliphatic heterocycles. The van der Waals surface area contributed by atoms with Crippen molar-refractivity contribution in [1.29, 1.82) is 0 Å². The Bertz CT molecular complexity index is 651. The normalized spacial score (nSPS) is 14.6. The summed E-state index contributed by atoms with van der Waals surface area (Å²) in [7, 11) is -0.817. The van der Waals surface area contributed by atoms with Gasteiger partial charge >= 0.3 is 5.97 Å². The topological polar surface area (TPSA) is 102 Å². The minimum atomic E-state index is -3.58. The van der Waals surface area contributed by atoms with Gasteiger partial charge in [0, 0.05) is 12.1 Å². The van der Waals surface area contributed by atoms with Crippen molar-refractivity contribution in [2.24, 2.45) is 5.92 Å². The zero-order chi connectivity index (χ0) is 15.6. The highest BCUT2D eigenvalue weighted by molar-refractivity contribution is 7.92. The molecule has 0 heterocycles. The molecule has 1 aromatic rings. The molecule has 1 aliphatic rings. The molecule has 1 aliphatic carbocycles. The first-order valence-electron chi connectivity index (χ1n) is 6.36. The van der Waals surface area contributed by atoms with Gasteiger partial charge in [-0.2, -0.15) is 0 Å². The minimum absolute atomic E-state index is 0.000401. The number of nitrogens with one attached hydrogen (secondary N) is 1. The molecule has 0 atom stereocenters. The van der Waals surface area contributed by atoms with E-state index < -0.39 is 16.0 Å². The molecule has 1 aromatic carbocycles. The van der Waals surface area contributed by atoms with Gasteiger partial charge in [0.15, 0.2) is 11.5 Å². The molecular formula is C13H17NO6S. The molecule has 0 aromatic heterocycles. The van der Waals surface area contributed by atoms with Gasteiger partial charge in [0.25, 0.3) is 0 Å². The van der Waals surface area contributed by atoms with Gasteiger partial charge in [0.2, 0.25) is 10.0 Å². The van der Waals surface area contributed by atoms with Crippen LogP contribution in [-0.2, 0) is 10.0 Å². The molecule has 1 saturated carbocycles. The van der Waals surface area contributed by atoms with E-state index in [1.807, 2.05) is 0 Å². The van der Waals surface area contributed by atoms with E-state index in [-0.39, 0.29) is 34.4 Å². The van der Waals surface area contributed by atoms with E-state index in [0.717, 1.165) is 12.8 Å². The summed E-state index contributed by atoms with van der Waals surface area (Å²) in [4.78, 5) is 11.3. The Labute approximate surface area is 122 Å². The number of carbonyl (C=O) groups is 1. The SMILES string of the molecule is COc1cc(NS(=O)(=O)CC2CC2)c(C(=O)O)cc1OC. The second-order valence-corrected chi connectivity index (χ2v) is 6.65. The van der Waals surface area contributed by atoms with E-state index in [2.05, 4.69) is 4.72 Å². The van der Waals surface area contributed by atoms with Crippen LogP contribution >= 0.6 is 0 Å². The van der Waals surface area contributed by atoms with Gasteiger partial charge in [-0.3, -0.25) is 4.72 Å². The lowest BCUT2D eigenvalue weighted by Gasteiger charge is -2.14. The Hall–Kier alpha value is -1.96. The molecule has 2 rings (SSSR count). The predicted molar refractivity (Wildman–Crippen MR) is 76.6 cm³/mol. The van der Waals surface area contributed by atoms with Gasteiger partial charge in [-0.15, -0.1) is 0 Å². The number of sulfonamides is 1. The van der Waals surface area contributed by atoms with Crippen molar-refractivity contribution in [2.45, 2.75) is 12.8 Å². The molecule has 21 heavy (non-hydrogen) atoms. The van der Waals surface area contributed by atoms with Crippen LogP contribution in [0.25, 0.3) is 0 Å². The van der Waals surface area contributed by atoms with Gasteiger partial charge in [0.1, 0.15) is 0 Å². The third kappa shape index (κ3) is 3.78. The van der Waals surface area contributed by atoms with Crippen LogP contribution in [0.3, 0.4) is 0 Å². The maximum Gasteiger partial charge on any atom is 0.337 e. The standard InChI is InChI=1S/C13H17NO6S/c1-19-11-5-9(13(15)16)10(6-12(11)20-2)14-21(17,18)7-8-3-4-8/h5-6,8,14H,3-4,7H2,1-2H3,(H,15,16). The highest BCUT2D eigenvalue weighted by atomic mass is 32.2. The van der Waals surface area contributed by atoms with Gasteiger partial charge in [-0.05, 0) is 18.8 Å². The molecule has 116 valence electrons. The lowest BCUT2D eigenvalue weighted by molar-refractivity contribution is 0.0697. The molecule has 0 bridgehead atoms. The Kier molecular flexibility index (Phi) is 4.26. The Morgan fingerprint density at radius 2 is 1.86 bits per heavy atom. The predicted octanol–water partition coefficient (Wildman–Crippen LogP) is 1.55. The van der Waals surface area contributed by atoms with Crippen LogP contribution in [0.5, 0.6) is 11.5 Å². The molecule has 0 radical (unpaired) electrons. The summed E-state index contributed by atoms with van der Waals surface area (Å²) in [6.07, 6.45) is 1.78. The summed E-state index contributed by atoms with van der Waals surface area (Å²) in [6, 6.07) is 2.54. The van der Waals surface area contributed by atoms with Crippen LogP contribution in [0.15, 0.2) is 12.1 Å². The molecule has 1 fully saturated rings. The van der Waals surface area contributed by atoms with Crippen molar-refractivity contribution in [3.05, 3.63) is 17.7 Å². The summed E-state index contributed by atoms with van der Waals surface area (Å²) >= 11 is 0. The number of methoxy groups -OCH3 is 2. The van der Waals surface area contributed by atoms with Crippen LogP contribution < -0.4 is 14.2 Å². The largest absolute Gasteiger partial charge is 0.493 e. The fourth-order valence-corrected chi connectivity index (χ4v) is 3.49. The third-order valence-electron chi connectivity index (χ3n) is 3.17. The van der Waals surface area contributed by atoms with Crippen molar-refractivity contribution < 1.29 is 27.8 Å². The van der Waals surface area contributed by atoms with Crippen LogP contribution in [0, 0.1) is 5.92 Å². The highest BCUT2D eigenvalue weighted by Gasteiger charge is 2.29. The molecule has 7 nitrogen and oxygen atoms in total. The molecule has 0 amide bonds. The van der Waals surface area contributed by atoms with E-state index in [9.17, 15) is 18.3 Å². The second kappa shape index (κ2) is 5.80. The lowest BCUT2D eigenvalue weighted by atomic mass is 10.1. The Balaban J connectivity index is 2.38. The summed E-state index contributed by atoms with van der Waals surface area (Å²) in [5.74, 6) is -0.608. The van der Waals surface area contributed by atoms with Crippen molar-refractivity contribution in [2.75, 3.05) is 24.7 Å². The first kappa shape index (κ1) is 15.4. The van der Waals surface area contributed by atoms with E-state index in [1.54, 1.807) is 0 Å². The molecule has 0 saturated heterocycles. The van der Waals surface area contributed by atoms with Gasteiger partial charge in [-0.25, -0.2) is 13.2 Å². The van der Waals surface area contributed by atoms with Crippen LogP contribution in [0.1, 0.15) is 23.2 Å². The summed E-state index contributed by atoms with van der Waals surface area (Å²) in [5, 5.41) is 9.21. The van der Waals surface area contributed by atoms with Crippen molar-refractivity contribution in [1.82, 2.24) is 0 Å². The first-order valence-corrected chi connectivity index (χ1v) is 8.01. The molecule has 2 N–H and O–H groups in total. The van der Waals surface area contributed by atoms with Gasteiger partial charge < -0.3 is 14.6 Å². The number of aromatic carboxylic acids is 1. The van der Waals surface area contributed by atoms with Crippen LogP contribution in [0.4, 0.5) is 5.69 Å². The fraction of sp³-hybridized carbons (Fsp3) is 0.462. The van der Waals surface area contributed by atoms with E-state index in [4.69, 9.17) is 9.47 Å². The van der Waals surface area contributed by atoms with E-state index in [0.29, 0.717) is 0 Å². The van der Waals surface area contributed by atoms with Crippen LogP contribution in [-0.4, -0.2) is 39.5 Å². The van der Waals surface area contributed by atoms with Crippen LogP contribution in [0.2, 0.25) is 0 Å². The summed E-state index contributed by atoms with van der Waals surface area (Å²) in [5.41, 5.74) is -0.215. The number of hydrogen-bond donors (Lipinski definition) is 2. The number of benzene rings is 1. The monoisotopic (exact) mass is 315 g/mol. The number of anilines is 1. The Morgan fingerprint density at radius 1 is 1.29 bits per heavy atom. The zero-order valence-corrected chi connectivity index (χ0v) is 12.6. The number of carboxylic acid groups (broad SMARTS) is 1. The molecule has 0 spiro atoms. The van der Waals surface area contributed by atoms with Gasteiger partial charge in [-0.1, -0.05) is 0 Å². The maximum absolute atomic E-state index is 12.0. The molecule has 8 heteroatoms. The quantitative estimate of drug-likeness (QED) is 0.791. The lowest BCUT2D eigenvalue weighted by Crippen LogP contribution is -2.19. The van der Waals surface area contributed by atoms with Crippen molar-refractivity contribution >= 4 is 21.7 Å². The second-order valence-electron chi connectivity index (χ2n) is 4.88. The number of ether oxygens (including phenoxy) is 2. The average molecular weight is 315 g/mol. The fourth-order valence-electron chi connectivity index (χ4n) is 1.94. The van der Waals surface area contributed by atoms with Crippen molar-refractivity contribution in [3.8, 4) is 11.5 Å². The smallest absolute Gasteiger partial charge is 0.337 e.